The Labute approximate surface area is 103 Å². The van der Waals surface area contributed by atoms with Crippen molar-refractivity contribution in [2.75, 3.05) is 32.8 Å². The molecule has 1 unspecified atom stereocenters. The van der Waals surface area contributed by atoms with E-state index in [1.165, 1.54) is 0 Å². The molecule has 1 saturated heterocycles. The van der Waals surface area contributed by atoms with Crippen molar-refractivity contribution in [3.8, 4) is 0 Å². The molecule has 0 spiro atoms. The van der Waals surface area contributed by atoms with Crippen molar-refractivity contribution in [1.82, 2.24) is 9.80 Å². The first-order valence-corrected chi connectivity index (χ1v) is 6.34. The summed E-state index contributed by atoms with van der Waals surface area (Å²) in [4.78, 5) is 26.9. The molecule has 0 N–H and O–H groups in total. The third-order valence-electron chi connectivity index (χ3n) is 3.23. The van der Waals surface area contributed by atoms with Crippen molar-refractivity contribution in [2.45, 2.75) is 33.2 Å². The highest BCUT2D eigenvalue weighted by Gasteiger charge is 2.32. The Morgan fingerprint density at radius 3 is 2.47 bits per heavy atom. The Balaban J connectivity index is 2.49. The number of nitrogens with zero attached hydrogens (tertiary/aromatic N) is 2. The first-order valence-electron chi connectivity index (χ1n) is 6.34. The number of hydrogen-bond acceptors (Lipinski definition) is 4. The van der Waals surface area contributed by atoms with Gasteiger partial charge in [0.1, 0.15) is 0 Å². The van der Waals surface area contributed by atoms with Gasteiger partial charge in [-0.3, -0.25) is 9.69 Å². The van der Waals surface area contributed by atoms with Gasteiger partial charge < -0.3 is 9.64 Å². The van der Waals surface area contributed by atoms with Crippen LogP contribution in [0.1, 0.15) is 27.2 Å². The van der Waals surface area contributed by atoms with Crippen molar-refractivity contribution >= 4 is 11.9 Å². The van der Waals surface area contributed by atoms with Crippen LogP contribution in [0.5, 0.6) is 0 Å². The van der Waals surface area contributed by atoms with Crippen LogP contribution in [-0.2, 0) is 14.3 Å². The summed E-state index contributed by atoms with van der Waals surface area (Å²) < 4.78 is 4.72. The smallest absolute Gasteiger partial charge is 0.397 e. The van der Waals surface area contributed by atoms with Crippen LogP contribution in [0.3, 0.4) is 0 Å². The van der Waals surface area contributed by atoms with Gasteiger partial charge in [-0.15, -0.1) is 0 Å². The Morgan fingerprint density at radius 1 is 1.29 bits per heavy atom. The van der Waals surface area contributed by atoms with Crippen LogP contribution in [0.2, 0.25) is 0 Å². The highest BCUT2D eigenvalue weighted by atomic mass is 16.5. The normalized spacial score (nSPS) is 19.8. The van der Waals surface area contributed by atoms with Crippen LogP contribution in [0.4, 0.5) is 0 Å². The summed E-state index contributed by atoms with van der Waals surface area (Å²) in [6, 6.07) is 0.378. The van der Waals surface area contributed by atoms with Gasteiger partial charge in [-0.05, 0) is 26.4 Å². The second-order valence-electron chi connectivity index (χ2n) is 4.14. The number of rotatable bonds is 4. The molecule has 5 nitrogen and oxygen atoms in total. The number of carbonyl (C=O) groups excluding carboxylic acids is 2. The lowest BCUT2D eigenvalue weighted by atomic mass is 10.2. The quantitative estimate of drug-likeness (QED) is 0.532. The fourth-order valence-corrected chi connectivity index (χ4v) is 2.29. The molecule has 0 saturated carbocycles. The van der Waals surface area contributed by atoms with Crippen molar-refractivity contribution < 1.29 is 14.3 Å². The fourth-order valence-electron chi connectivity index (χ4n) is 2.29. The molecule has 1 aliphatic heterocycles. The van der Waals surface area contributed by atoms with Crippen LogP contribution < -0.4 is 0 Å². The van der Waals surface area contributed by atoms with E-state index < -0.39 is 11.9 Å². The standard InChI is InChI=1S/C12H22N2O3/c1-4-13(5-2)10-7-8-14(9-10)11(15)12(16)17-6-3/h10H,4-9H2,1-3H3. The Hall–Kier alpha value is -1.10. The maximum atomic E-state index is 11.7. The third kappa shape index (κ3) is 3.43. The predicted octanol–water partition coefficient (Wildman–Crippen LogP) is 0.492. The first-order chi connectivity index (χ1) is 8.13. The molecule has 0 bridgehead atoms. The van der Waals surface area contributed by atoms with Gasteiger partial charge in [0, 0.05) is 19.1 Å². The second kappa shape index (κ2) is 6.59. The predicted molar refractivity (Wildman–Crippen MR) is 64.5 cm³/mol. The van der Waals surface area contributed by atoms with Gasteiger partial charge in [-0.1, -0.05) is 13.8 Å². The molecule has 1 rings (SSSR count). The third-order valence-corrected chi connectivity index (χ3v) is 3.23. The van der Waals surface area contributed by atoms with Gasteiger partial charge in [0.15, 0.2) is 0 Å². The van der Waals surface area contributed by atoms with Crippen LogP contribution in [-0.4, -0.2) is 60.5 Å². The SMILES string of the molecule is CCOC(=O)C(=O)N1CCC(N(CC)CC)C1. The van der Waals surface area contributed by atoms with Crippen molar-refractivity contribution in [3.05, 3.63) is 0 Å². The Bertz CT molecular complexity index is 277. The summed E-state index contributed by atoms with van der Waals surface area (Å²) in [5.74, 6) is -1.23. The highest BCUT2D eigenvalue weighted by Crippen LogP contribution is 2.15. The lowest BCUT2D eigenvalue weighted by Crippen LogP contribution is -2.41. The molecule has 0 aromatic rings. The van der Waals surface area contributed by atoms with E-state index in [0.29, 0.717) is 19.1 Å². The van der Waals surface area contributed by atoms with E-state index in [9.17, 15) is 9.59 Å². The molecule has 17 heavy (non-hydrogen) atoms. The van der Waals surface area contributed by atoms with E-state index in [2.05, 4.69) is 18.7 Å². The lowest BCUT2D eigenvalue weighted by molar-refractivity contribution is -0.159. The number of likely N-dealkylation sites (tertiary alicyclic amines) is 1. The number of likely N-dealkylation sites (N-methyl/N-ethyl adjacent to an activating group) is 1. The van der Waals surface area contributed by atoms with E-state index in [-0.39, 0.29) is 6.61 Å². The maximum absolute atomic E-state index is 11.7. The van der Waals surface area contributed by atoms with Gasteiger partial charge >= 0.3 is 11.9 Å². The average Bonchev–Trinajstić information content (AvgIpc) is 2.79. The number of hydrogen-bond donors (Lipinski definition) is 0. The molecule has 0 aromatic carbocycles. The molecule has 0 aliphatic carbocycles. The minimum absolute atomic E-state index is 0.248. The molecule has 1 atom stereocenters. The molecule has 1 amide bonds. The topological polar surface area (TPSA) is 49.9 Å². The largest absolute Gasteiger partial charge is 0.459 e. The van der Waals surface area contributed by atoms with Crippen molar-refractivity contribution in [2.24, 2.45) is 0 Å². The summed E-state index contributed by atoms with van der Waals surface area (Å²) >= 11 is 0. The minimum atomic E-state index is -0.729. The fraction of sp³-hybridized carbons (Fsp3) is 0.833. The molecule has 0 radical (unpaired) electrons. The number of amides is 1. The van der Waals surface area contributed by atoms with Crippen LogP contribution in [0, 0.1) is 0 Å². The number of ether oxygens (including phenoxy) is 1. The maximum Gasteiger partial charge on any atom is 0.397 e. The summed E-state index contributed by atoms with van der Waals surface area (Å²) in [5.41, 5.74) is 0. The van der Waals surface area contributed by atoms with Gasteiger partial charge in [0.25, 0.3) is 0 Å². The Morgan fingerprint density at radius 2 is 1.94 bits per heavy atom. The monoisotopic (exact) mass is 242 g/mol. The van der Waals surface area contributed by atoms with E-state index in [1.54, 1.807) is 11.8 Å². The van der Waals surface area contributed by atoms with E-state index in [4.69, 9.17) is 4.74 Å². The lowest BCUT2D eigenvalue weighted by Gasteiger charge is -2.25. The Kier molecular flexibility index (Phi) is 5.41. The molecular formula is C12H22N2O3. The van der Waals surface area contributed by atoms with E-state index in [1.807, 2.05) is 0 Å². The highest BCUT2D eigenvalue weighted by molar-refractivity contribution is 6.32. The zero-order chi connectivity index (χ0) is 12.8. The summed E-state index contributed by atoms with van der Waals surface area (Å²) in [7, 11) is 0. The van der Waals surface area contributed by atoms with Gasteiger partial charge in [0.2, 0.25) is 0 Å². The van der Waals surface area contributed by atoms with Crippen molar-refractivity contribution in [3.63, 3.8) is 0 Å². The second-order valence-corrected chi connectivity index (χ2v) is 4.14. The zero-order valence-electron chi connectivity index (χ0n) is 10.9. The van der Waals surface area contributed by atoms with E-state index >= 15 is 0 Å². The average molecular weight is 242 g/mol. The van der Waals surface area contributed by atoms with E-state index in [0.717, 1.165) is 19.5 Å². The molecule has 5 heteroatoms. The van der Waals surface area contributed by atoms with Crippen LogP contribution >= 0.6 is 0 Å². The molecule has 1 aliphatic rings. The molecule has 1 heterocycles. The first kappa shape index (κ1) is 14.0. The molecule has 98 valence electrons. The zero-order valence-corrected chi connectivity index (χ0v) is 10.9. The summed E-state index contributed by atoms with van der Waals surface area (Å²) in [6.07, 6.45) is 0.937. The van der Waals surface area contributed by atoms with Gasteiger partial charge in [-0.2, -0.15) is 0 Å². The summed E-state index contributed by atoms with van der Waals surface area (Å²) in [5, 5.41) is 0. The van der Waals surface area contributed by atoms with Crippen LogP contribution in [0.15, 0.2) is 0 Å². The summed E-state index contributed by atoms with van der Waals surface area (Å²) in [6.45, 7) is 9.41. The van der Waals surface area contributed by atoms with Crippen LogP contribution in [0.25, 0.3) is 0 Å². The molecule has 0 aromatic heterocycles. The number of carbonyl (C=O) groups is 2. The van der Waals surface area contributed by atoms with Crippen molar-refractivity contribution in [1.29, 1.82) is 0 Å². The van der Waals surface area contributed by atoms with Gasteiger partial charge in [0.05, 0.1) is 6.61 Å². The molecular weight excluding hydrogens is 220 g/mol. The molecule has 1 fully saturated rings. The minimum Gasteiger partial charge on any atom is -0.459 e. The number of esters is 1. The van der Waals surface area contributed by atoms with Gasteiger partial charge in [-0.25, -0.2) is 4.79 Å².